The number of fused-ring (bicyclic) bond motifs is 1. The Morgan fingerprint density at radius 3 is 2.18 bits per heavy atom. The number of rotatable bonds is 10. The third kappa shape index (κ3) is 5.75. The number of aliphatic hydroxyl groups is 2. The van der Waals surface area contributed by atoms with E-state index in [1.807, 2.05) is 85.0 Å². The van der Waals surface area contributed by atoms with E-state index in [1.165, 1.54) is 6.33 Å². The number of nitrogens with one attached hydrogen (secondary N) is 1. The maximum absolute atomic E-state index is 12.9. The first kappa shape index (κ1) is 32.5. The monoisotopic (exact) mass is 659 g/mol. The average molecular weight is 660 g/mol. The van der Waals surface area contributed by atoms with Gasteiger partial charge < -0.3 is 29.7 Å². The Morgan fingerprint density at radius 1 is 0.959 bits per heavy atom. The quantitative estimate of drug-likeness (QED) is 0.178. The summed E-state index contributed by atoms with van der Waals surface area (Å²) in [5, 5.41) is 27.1. The molecule has 1 amide bonds. The van der Waals surface area contributed by atoms with Gasteiger partial charge in [0, 0.05) is 32.6 Å². The van der Waals surface area contributed by atoms with E-state index < -0.39 is 35.7 Å². The van der Waals surface area contributed by atoms with Crippen LogP contribution in [0.25, 0.3) is 11.2 Å². The number of benzene rings is 3. The molecule has 250 valence electrons. The number of carbonyl (C=O) groups excluding carboxylic acids is 1. The highest BCUT2D eigenvalue weighted by atomic mass is 16.7. The highest BCUT2D eigenvalue weighted by Crippen LogP contribution is 2.49. The van der Waals surface area contributed by atoms with Crippen LogP contribution < -0.4 is 5.32 Å². The number of ether oxygens (including phenoxy) is 3. The predicted octanol–water partition coefficient (Wildman–Crippen LogP) is 4.95. The number of aliphatic hydroxyl groups excluding tert-OH is 2. The lowest BCUT2D eigenvalue weighted by Gasteiger charge is -2.45. The van der Waals surface area contributed by atoms with Gasteiger partial charge >= 0.3 is 0 Å². The molecule has 0 bridgehead atoms. The van der Waals surface area contributed by atoms with Crippen LogP contribution in [0.4, 0.5) is 5.82 Å². The van der Waals surface area contributed by atoms with Crippen LogP contribution in [-0.4, -0.2) is 74.0 Å². The molecule has 5 aromatic rings. The molecule has 2 aromatic heterocycles. The van der Waals surface area contributed by atoms with Crippen molar-refractivity contribution in [3.05, 3.63) is 144 Å². The summed E-state index contributed by atoms with van der Waals surface area (Å²) in [7, 11) is 3.19. The molecule has 1 aliphatic heterocycles. The number of allylic oxidation sites excluding steroid dienone is 1. The number of hydrogen-bond donors (Lipinski definition) is 3. The number of methoxy groups -OCH3 is 2. The van der Waals surface area contributed by atoms with E-state index in [1.54, 1.807) is 49.4 Å². The van der Waals surface area contributed by atoms with Crippen LogP contribution in [0.2, 0.25) is 0 Å². The van der Waals surface area contributed by atoms with E-state index in [4.69, 9.17) is 14.2 Å². The molecule has 11 nitrogen and oxygen atoms in total. The number of carbonyl (C=O) groups is 1. The van der Waals surface area contributed by atoms with Crippen molar-refractivity contribution in [3.63, 3.8) is 0 Å². The molecule has 0 radical (unpaired) electrons. The molecule has 0 saturated carbocycles. The Hall–Kier alpha value is -5.04. The van der Waals surface area contributed by atoms with Crippen molar-refractivity contribution < 1.29 is 29.2 Å². The van der Waals surface area contributed by atoms with Crippen molar-refractivity contribution in [2.45, 2.75) is 48.6 Å². The minimum Gasteiger partial charge on any atom is -0.390 e. The molecular formula is C38H37N5O6. The third-order valence-corrected chi connectivity index (χ3v) is 9.56. The molecule has 3 aromatic carbocycles. The molecule has 49 heavy (non-hydrogen) atoms. The number of aromatic nitrogens is 4. The van der Waals surface area contributed by atoms with Gasteiger partial charge in [0.2, 0.25) is 0 Å². The topological polar surface area (TPSA) is 141 Å². The normalized spacial score (nSPS) is 21.0. The van der Waals surface area contributed by atoms with Crippen molar-refractivity contribution in [1.82, 2.24) is 19.5 Å². The van der Waals surface area contributed by atoms with Gasteiger partial charge in [-0.25, -0.2) is 15.0 Å². The summed E-state index contributed by atoms with van der Waals surface area (Å²) >= 11 is 0. The Labute approximate surface area is 283 Å². The molecule has 2 aliphatic rings. The Bertz CT molecular complexity index is 1940. The number of anilines is 1. The van der Waals surface area contributed by atoms with Crippen LogP contribution >= 0.6 is 0 Å². The van der Waals surface area contributed by atoms with Crippen LogP contribution in [0.3, 0.4) is 0 Å². The highest BCUT2D eigenvalue weighted by Gasteiger charge is 2.53. The number of nitrogens with zero attached hydrogens (tertiary/aromatic N) is 4. The molecule has 1 saturated heterocycles. The smallest absolute Gasteiger partial charge is 0.256 e. The summed E-state index contributed by atoms with van der Waals surface area (Å²) < 4.78 is 19.7. The first-order valence-electron chi connectivity index (χ1n) is 16.1. The SMILES string of the molecule is COC1(OC)C=CC(C(c2ccccc2)(c2ccccc2)C(O)[C@H]2O[C@@H](n3cnc4c(NC(=O)c5ccccc5)ncnc43)C[C@@H]2O)=CC1. The van der Waals surface area contributed by atoms with Gasteiger partial charge in [-0.3, -0.25) is 9.36 Å². The van der Waals surface area contributed by atoms with Crippen LogP contribution in [0.15, 0.2) is 127 Å². The second-order valence-corrected chi connectivity index (χ2v) is 12.1. The minimum atomic E-state index is -1.25. The number of amides is 1. The van der Waals surface area contributed by atoms with E-state index in [9.17, 15) is 15.0 Å². The van der Waals surface area contributed by atoms with Gasteiger partial charge in [0.15, 0.2) is 22.8 Å². The molecule has 4 atom stereocenters. The Kier molecular flexibility index (Phi) is 8.93. The molecule has 1 fully saturated rings. The maximum atomic E-state index is 12.9. The fraction of sp³-hybridized carbons (Fsp3) is 0.263. The zero-order valence-corrected chi connectivity index (χ0v) is 27.1. The fourth-order valence-corrected chi connectivity index (χ4v) is 7.00. The molecule has 11 heteroatoms. The molecule has 3 heterocycles. The zero-order chi connectivity index (χ0) is 34.0. The lowest BCUT2D eigenvalue weighted by atomic mass is 9.62. The second-order valence-electron chi connectivity index (χ2n) is 12.1. The second kappa shape index (κ2) is 13.5. The van der Waals surface area contributed by atoms with E-state index in [0.717, 1.165) is 16.7 Å². The van der Waals surface area contributed by atoms with E-state index >= 15 is 0 Å². The number of imidazole rings is 1. The standard InChI is InChI=1S/C38H37N5O6/c1-47-37(48-2)20-18-28(19-21-37)38(26-14-8-4-9-15-26,27-16-10-5-11-17-27)33(45)32-29(44)22-30(49-32)43-24-41-31-34(39-23-40-35(31)43)42-36(46)25-12-6-3-7-13-25/h3-20,23-24,29-30,32-33,44-45H,21-22H2,1-2H3,(H,39,40,42,46)/t29-,30+,32-,33?/m0/s1. The van der Waals surface area contributed by atoms with Crippen molar-refractivity contribution in [2.24, 2.45) is 0 Å². The molecule has 3 N–H and O–H groups in total. The molecule has 1 aliphatic carbocycles. The summed E-state index contributed by atoms with van der Waals surface area (Å²) in [4.78, 5) is 26.1. The minimum absolute atomic E-state index is 0.161. The van der Waals surface area contributed by atoms with Gasteiger partial charge in [-0.15, -0.1) is 0 Å². The molecule has 7 rings (SSSR count). The summed E-state index contributed by atoms with van der Waals surface area (Å²) in [6, 6.07) is 28.3. The lowest BCUT2D eigenvalue weighted by molar-refractivity contribution is -0.168. The molecule has 0 spiro atoms. The first-order valence-corrected chi connectivity index (χ1v) is 16.1. The van der Waals surface area contributed by atoms with Gasteiger partial charge in [-0.2, -0.15) is 0 Å². The van der Waals surface area contributed by atoms with Gasteiger partial charge in [0.05, 0.1) is 17.8 Å². The Balaban J connectivity index is 1.25. The summed E-state index contributed by atoms with van der Waals surface area (Å²) in [5.41, 5.74) is 2.57. The van der Waals surface area contributed by atoms with Crippen LogP contribution in [-0.2, 0) is 19.6 Å². The van der Waals surface area contributed by atoms with Gasteiger partial charge in [0.25, 0.3) is 5.91 Å². The summed E-state index contributed by atoms with van der Waals surface area (Å²) in [5.74, 6) is -1.02. The largest absolute Gasteiger partial charge is 0.390 e. The summed E-state index contributed by atoms with van der Waals surface area (Å²) in [6.07, 6.45) is 5.21. The van der Waals surface area contributed by atoms with Gasteiger partial charge in [-0.05, 0) is 34.9 Å². The molecule has 1 unspecified atom stereocenters. The predicted molar refractivity (Wildman–Crippen MR) is 183 cm³/mol. The van der Waals surface area contributed by atoms with Crippen molar-refractivity contribution >= 4 is 22.9 Å². The van der Waals surface area contributed by atoms with Gasteiger partial charge in [-0.1, -0.05) is 91.0 Å². The Morgan fingerprint density at radius 2 is 1.59 bits per heavy atom. The molecular weight excluding hydrogens is 622 g/mol. The summed E-state index contributed by atoms with van der Waals surface area (Å²) in [6.45, 7) is 0. The maximum Gasteiger partial charge on any atom is 0.256 e. The van der Waals surface area contributed by atoms with E-state index in [-0.39, 0.29) is 18.1 Å². The first-order chi connectivity index (χ1) is 23.9. The van der Waals surface area contributed by atoms with E-state index in [0.29, 0.717) is 23.1 Å². The lowest BCUT2D eigenvalue weighted by Crippen LogP contribution is -2.52. The average Bonchev–Trinajstić information content (AvgIpc) is 3.77. The fourth-order valence-electron chi connectivity index (χ4n) is 7.00. The van der Waals surface area contributed by atoms with E-state index in [2.05, 4.69) is 20.3 Å². The van der Waals surface area contributed by atoms with Crippen molar-refractivity contribution in [2.75, 3.05) is 19.5 Å². The van der Waals surface area contributed by atoms with Crippen molar-refractivity contribution in [3.8, 4) is 0 Å². The third-order valence-electron chi connectivity index (χ3n) is 9.56. The number of hydrogen-bond acceptors (Lipinski definition) is 9. The zero-order valence-electron chi connectivity index (χ0n) is 27.1. The van der Waals surface area contributed by atoms with Crippen LogP contribution in [0.1, 0.15) is 40.6 Å². The van der Waals surface area contributed by atoms with Crippen molar-refractivity contribution in [1.29, 1.82) is 0 Å². The van der Waals surface area contributed by atoms with Gasteiger partial charge in [0.1, 0.15) is 24.8 Å². The highest BCUT2D eigenvalue weighted by molar-refractivity contribution is 6.06. The van der Waals surface area contributed by atoms with Crippen LogP contribution in [0, 0.1) is 0 Å². The van der Waals surface area contributed by atoms with Crippen LogP contribution in [0.5, 0.6) is 0 Å².